The van der Waals surface area contributed by atoms with E-state index in [9.17, 15) is 13.2 Å². The summed E-state index contributed by atoms with van der Waals surface area (Å²) in [6.07, 6.45) is -0.758. The molecule has 1 aliphatic heterocycles. The highest BCUT2D eigenvalue weighted by Gasteiger charge is 2.43. The van der Waals surface area contributed by atoms with Gasteiger partial charge in [-0.25, -0.2) is 9.97 Å². The SMILES string of the molecule is COC1(c2nc3c(c(C(F)(F)F)n2)CNCC3)CCCC1. The zero-order chi connectivity index (χ0) is 15.1. The Balaban J connectivity index is 2.14. The predicted octanol–water partition coefficient (Wildman–Crippen LogP) is 2.56. The molecule has 1 aliphatic carbocycles. The van der Waals surface area contributed by atoms with E-state index in [0.717, 1.165) is 12.8 Å². The first-order valence-corrected chi connectivity index (χ1v) is 7.20. The fourth-order valence-electron chi connectivity index (χ4n) is 3.25. The Hall–Kier alpha value is -1.21. The van der Waals surface area contributed by atoms with E-state index in [0.29, 0.717) is 31.5 Å². The van der Waals surface area contributed by atoms with Crippen LogP contribution in [0.5, 0.6) is 0 Å². The van der Waals surface area contributed by atoms with Gasteiger partial charge in [0.05, 0.1) is 5.69 Å². The van der Waals surface area contributed by atoms with Gasteiger partial charge in [0.2, 0.25) is 0 Å². The third-order valence-electron chi connectivity index (χ3n) is 4.41. The van der Waals surface area contributed by atoms with Crippen LogP contribution < -0.4 is 5.32 Å². The van der Waals surface area contributed by atoms with Crippen LogP contribution in [0.3, 0.4) is 0 Å². The van der Waals surface area contributed by atoms with Crippen molar-refractivity contribution in [1.29, 1.82) is 0 Å². The van der Waals surface area contributed by atoms with Gasteiger partial charge in [0.1, 0.15) is 5.60 Å². The van der Waals surface area contributed by atoms with Crippen LogP contribution in [0.1, 0.15) is 48.5 Å². The number of rotatable bonds is 2. The lowest BCUT2D eigenvalue weighted by Gasteiger charge is -2.29. The summed E-state index contributed by atoms with van der Waals surface area (Å²) in [5, 5.41) is 2.95. The Bertz CT molecular complexity index is 539. The number of nitrogens with zero attached hydrogens (tertiary/aromatic N) is 2. The molecule has 0 saturated heterocycles. The van der Waals surface area contributed by atoms with E-state index in [1.807, 2.05) is 0 Å². The molecule has 0 spiro atoms. The second-order valence-electron chi connectivity index (χ2n) is 5.65. The van der Waals surface area contributed by atoms with Gasteiger partial charge in [0, 0.05) is 32.2 Å². The minimum absolute atomic E-state index is 0.171. The van der Waals surface area contributed by atoms with E-state index in [1.165, 1.54) is 7.11 Å². The monoisotopic (exact) mass is 301 g/mol. The fourth-order valence-corrected chi connectivity index (χ4v) is 3.25. The molecule has 1 saturated carbocycles. The zero-order valence-electron chi connectivity index (χ0n) is 11.9. The molecule has 2 aliphatic rings. The van der Waals surface area contributed by atoms with E-state index in [4.69, 9.17) is 4.74 Å². The van der Waals surface area contributed by atoms with Crippen molar-refractivity contribution in [3.63, 3.8) is 0 Å². The number of alkyl halides is 3. The molecule has 0 radical (unpaired) electrons. The minimum Gasteiger partial charge on any atom is -0.370 e. The quantitative estimate of drug-likeness (QED) is 0.912. The average Bonchev–Trinajstić information content (AvgIpc) is 2.95. The molecule has 2 heterocycles. The highest BCUT2D eigenvalue weighted by molar-refractivity contribution is 5.31. The molecule has 21 heavy (non-hydrogen) atoms. The van der Waals surface area contributed by atoms with Crippen LogP contribution in [0.25, 0.3) is 0 Å². The summed E-state index contributed by atoms with van der Waals surface area (Å²) in [4.78, 5) is 8.32. The standard InChI is InChI=1S/C14H18F3N3O/c1-21-13(5-2-3-6-13)12-19-10-4-7-18-8-9(10)11(20-12)14(15,16)17/h18H,2-8H2,1H3. The van der Waals surface area contributed by atoms with Crippen molar-refractivity contribution in [2.24, 2.45) is 0 Å². The number of ether oxygens (including phenoxy) is 1. The lowest BCUT2D eigenvalue weighted by Crippen LogP contribution is -2.34. The first kappa shape index (κ1) is 14.7. The fraction of sp³-hybridized carbons (Fsp3) is 0.714. The van der Waals surface area contributed by atoms with E-state index in [2.05, 4.69) is 15.3 Å². The van der Waals surface area contributed by atoms with Crippen molar-refractivity contribution in [3.05, 3.63) is 22.8 Å². The van der Waals surface area contributed by atoms with Crippen LogP contribution in [0.4, 0.5) is 13.2 Å². The number of methoxy groups -OCH3 is 1. The van der Waals surface area contributed by atoms with Crippen molar-refractivity contribution >= 4 is 0 Å². The van der Waals surface area contributed by atoms with Gasteiger partial charge in [-0.1, -0.05) is 0 Å². The number of nitrogens with one attached hydrogen (secondary N) is 1. The zero-order valence-corrected chi connectivity index (χ0v) is 11.9. The van der Waals surface area contributed by atoms with Gasteiger partial charge in [-0.15, -0.1) is 0 Å². The van der Waals surface area contributed by atoms with E-state index in [-0.39, 0.29) is 17.9 Å². The third kappa shape index (κ3) is 2.53. The largest absolute Gasteiger partial charge is 0.433 e. The van der Waals surface area contributed by atoms with Crippen molar-refractivity contribution in [3.8, 4) is 0 Å². The van der Waals surface area contributed by atoms with Gasteiger partial charge in [-0.3, -0.25) is 0 Å². The Labute approximate surface area is 121 Å². The first-order chi connectivity index (χ1) is 9.96. The normalized spacial score (nSPS) is 21.3. The van der Waals surface area contributed by atoms with Gasteiger partial charge in [0.25, 0.3) is 0 Å². The van der Waals surface area contributed by atoms with Crippen molar-refractivity contribution in [1.82, 2.24) is 15.3 Å². The van der Waals surface area contributed by atoms with Crippen LogP contribution >= 0.6 is 0 Å². The van der Waals surface area contributed by atoms with Crippen LogP contribution in [-0.4, -0.2) is 23.6 Å². The summed E-state index contributed by atoms with van der Waals surface area (Å²) < 4.78 is 45.5. The summed E-state index contributed by atoms with van der Waals surface area (Å²) >= 11 is 0. The molecule has 1 N–H and O–H groups in total. The van der Waals surface area contributed by atoms with Crippen molar-refractivity contribution < 1.29 is 17.9 Å². The van der Waals surface area contributed by atoms with Crippen LogP contribution in [0.15, 0.2) is 0 Å². The number of halogens is 3. The maximum Gasteiger partial charge on any atom is 0.433 e. The lowest BCUT2D eigenvalue weighted by atomic mass is 9.98. The smallest absolute Gasteiger partial charge is 0.370 e. The van der Waals surface area contributed by atoms with Gasteiger partial charge in [-0.05, 0) is 25.7 Å². The Kier molecular flexibility index (Phi) is 3.65. The predicted molar refractivity (Wildman–Crippen MR) is 69.6 cm³/mol. The maximum atomic E-state index is 13.3. The molecule has 0 unspecified atom stereocenters. The highest BCUT2D eigenvalue weighted by Crippen LogP contribution is 2.42. The molecule has 116 valence electrons. The topological polar surface area (TPSA) is 47.0 Å². The summed E-state index contributed by atoms with van der Waals surface area (Å²) in [7, 11) is 1.53. The van der Waals surface area contributed by atoms with E-state index < -0.39 is 17.5 Å². The van der Waals surface area contributed by atoms with Crippen LogP contribution in [0, 0.1) is 0 Å². The number of hydrogen-bond donors (Lipinski definition) is 1. The third-order valence-corrected chi connectivity index (χ3v) is 4.41. The minimum atomic E-state index is -4.46. The van der Waals surface area contributed by atoms with Crippen LogP contribution in [0.2, 0.25) is 0 Å². The molecule has 1 aromatic heterocycles. The summed E-state index contributed by atoms with van der Waals surface area (Å²) in [6, 6.07) is 0. The van der Waals surface area contributed by atoms with Crippen LogP contribution in [-0.2, 0) is 29.5 Å². The second kappa shape index (κ2) is 5.21. The molecule has 7 heteroatoms. The molecule has 1 aromatic rings. The summed E-state index contributed by atoms with van der Waals surface area (Å²) in [5.41, 5.74) is -0.867. The van der Waals surface area contributed by atoms with E-state index >= 15 is 0 Å². The number of aromatic nitrogens is 2. The molecular formula is C14H18F3N3O. The van der Waals surface area contributed by atoms with Crippen molar-refractivity contribution in [2.45, 2.75) is 50.4 Å². The second-order valence-corrected chi connectivity index (χ2v) is 5.65. The van der Waals surface area contributed by atoms with Crippen molar-refractivity contribution in [2.75, 3.05) is 13.7 Å². The maximum absolute atomic E-state index is 13.3. The molecule has 0 amide bonds. The molecule has 0 atom stereocenters. The average molecular weight is 301 g/mol. The highest BCUT2D eigenvalue weighted by atomic mass is 19.4. The number of fused-ring (bicyclic) bond motifs is 1. The Morgan fingerprint density at radius 2 is 1.90 bits per heavy atom. The molecule has 1 fully saturated rings. The first-order valence-electron chi connectivity index (χ1n) is 7.20. The molecule has 0 aromatic carbocycles. The molecular weight excluding hydrogens is 283 g/mol. The van der Waals surface area contributed by atoms with Gasteiger partial charge in [0.15, 0.2) is 11.5 Å². The Morgan fingerprint density at radius 3 is 2.52 bits per heavy atom. The lowest BCUT2D eigenvalue weighted by molar-refractivity contribution is -0.142. The summed E-state index contributed by atoms with van der Waals surface area (Å²) in [6.45, 7) is 0.811. The number of hydrogen-bond acceptors (Lipinski definition) is 4. The van der Waals surface area contributed by atoms with Gasteiger partial charge < -0.3 is 10.1 Å². The Morgan fingerprint density at radius 1 is 1.19 bits per heavy atom. The molecule has 3 rings (SSSR count). The van der Waals surface area contributed by atoms with Gasteiger partial charge >= 0.3 is 6.18 Å². The molecule has 0 bridgehead atoms. The molecule has 4 nitrogen and oxygen atoms in total. The van der Waals surface area contributed by atoms with Gasteiger partial charge in [-0.2, -0.15) is 13.2 Å². The summed E-state index contributed by atoms with van der Waals surface area (Å²) in [5.74, 6) is 0.204. The van der Waals surface area contributed by atoms with E-state index in [1.54, 1.807) is 0 Å².